The Hall–Kier alpha value is 0.210. The molecule has 0 heterocycles. The van der Waals surface area contributed by atoms with Crippen LogP contribution in [0.3, 0.4) is 0 Å². The van der Waals surface area contributed by atoms with Gasteiger partial charge in [0, 0.05) is 7.05 Å². The maximum absolute atomic E-state index is 5.73. The average molecular weight is 169 g/mol. The van der Waals surface area contributed by atoms with Crippen LogP contribution in [0.25, 0.3) is 0 Å². The minimum absolute atomic E-state index is 0.295. The summed E-state index contributed by atoms with van der Waals surface area (Å²) in [6.45, 7) is 0. The van der Waals surface area contributed by atoms with E-state index in [1.807, 2.05) is 14.1 Å². The Kier molecular flexibility index (Phi) is 4.19. The molecule has 1 atom stereocenters. The molecule has 0 aromatic carbocycles. The molecule has 0 rings (SSSR count). The highest BCUT2D eigenvalue weighted by Crippen LogP contribution is 2.04. The summed E-state index contributed by atoms with van der Waals surface area (Å²) in [5, 5.41) is 0.418. The zero-order chi connectivity index (χ0) is 7.44. The van der Waals surface area contributed by atoms with Crippen molar-refractivity contribution in [3.63, 3.8) is 0 Å². The third-order valence-electron chi connectivity index (χ3n) is 0.864. The molecule has 0 aromatic heterocycles. The van der Waals surface area contributed by atoms with Crippen molar-refractivity contribution in [1.29, 1.82) is 0 Å². The van der Waals surface area contributed by atoms with Crippen LogP contribution in [0.2, 0.25) is 0 Å². The second-order valence-electron chi connectivity index (χ2n) is 1.85. The van der Waals surface area contributed by atoms with E-state index in [1.54, 1.807) is 11.9 Å². The Morgan fingerprint density at radius 3 is 2.11 bits per heavy atom. The quantitative estimate of drug-likeness (QED) is 0.346. The molecular weight excluding hydrogens is 159 g/mol. The van der Waals surface area contributed by atoms with Crippen LogP contribution in [0.1, 0.15) is 0 Å². The molecule has 0 saturated carbocycles. The van der Waals surface area contributed by atoms with Crippen molar-refractivity contribution in [2.75, 3.05) is 21.1 Å². The van der Waals surface area contributed by atoms with Crippen LogP contribution in [0.15, 0.2) is 4.99 Å². The minimum Gasteiger partial charge on any atom is -0.288 e. The number of hydrogen-bond donors (Lipinski definition) is 0. The van der Waals surface area contributed by atoms with Crippen LogP contribution in [0.5, 0.6) is 0 Å². The van der Waals surface area contributed by atoms with Gasteiger partial charge in [-0.3, -0.25) is 9.89 Å². The summed E-state index contributed by atoms with van der Waals surface area (Å²) in [5.74, 6) is 0. The third kappa shape index (κ3) is 3.04. The smallest absolute Gasteiger partial charge is 0.138 e. The lowest BCUT2D eigenvalue weighted by Gasteiger charge is -2.14. The van der Waals surface area contributed by atoms with Crippen molar-refractivity contribution < 1.29 is 0 Å². The number of alkyl halides is 1. The Bertz CT molecular complexity index is 112. The Morgan fingerprint density at radius 1 is 1.56 bits per heavy atom. The highest BCUT2D eigenvalue weighted by Gasteiger charge is 2.10. The largest absolute Gasteiger partial charge is 0.288 e. The van der Waals surface area contributed by atoms with Crippen molar-refractivity contribution in [3.05, 3.63) is 0 Å². The number of aliphatic imine (C=N–C) groups is 1. The normalized spacial score (nSPS) is 16.4. The van der Waals surface area contributed by atoms with Crippen molar-refractivity contribution in [2.24, 2.45) is 4.99 Å². The molecule has 9 heavy (non-hydrogen) atoms. The molecule has 0 bridgehead atoms. The van der Waals surface area contributed by atoms with E-state index in [1.165, 1.54) is 0 Å². The topological polar surface area (TPSA) is 15.6 Å². The van der Waals surface area contributed by atoms with Crippen LogP contribution >= 0.6 is 23.2 Å². The van der Waals surface area contributed by atoms with E-state index in [0.717, 1.165) is 0 Å². The fourth-order valence-electron chi connectivity index (χ4n) is 0.320. The monoisotopic (exact) mass is 168 g/mol. The Labute approximate surface area is 65.5 Å². The van der Waals surface area contributed by atoms with E-state index in [9.17, 15) is 0 Å². The van der Waals surface area contributed by atoms with E-state index >= 15 is 0 Å². The Balaban J connectivity index is 3.88. The van der Waals surface area contributed by atoms with E-state index in [-0.39, 0.29) is 5.50 Å². The van der Waals surface area contributed by atoms with Crippen LogP contribution < -0.4 is 0 Å². The highest BCUT2D eigenvalue weighted by molar-refractivity contribution is 6.70. The molecule has 54 valence electrons. The summed E-state index contributed by atoms with van der Waals surface area (Å²) in [6, 6.07) is 0. The van der Waals surface area contributed by atoms with Crippen molar-refractivity contribution in [1.82, 2.24) is 4.90 Å². The first-order valence-corrected chi connectivity index (χ1v) is 3.33. The van der Waals surface area contributed by atoms with E-state index in [0.29, 0.717) is 5.17 Å². The molecule has 0 spiro atoms. The molecule has 0 aliphatic rings. The summed E-state index contributed by atoms with van der Waals surface area (Å²) in [5.41, 5.74) is -0.295. The van der Waals surface area contributed by atoms with Gasteiger partial charge in [0.1, 0.15) is 10.7 Å². The van der Waals surface area contributed by atoms with Gasteiger partial charge < -0.3 is 0 Å². The van der Waals surface area contributed by atoms with Crippen LogP contribution in [0, 0.1) is 0 Å². The first-order chi connectivity index (χ1) is 4.09. The van der Waals surface area contributed by atoms with Crippen LogP contribution in [-0.2, 0) is 0 Å². The predicted octanol–water partition coefficient (Wildman–Crippen LogP) is 1.38. The van der Waals surface area contributed by atoms with Crippen LogP contribution in [-0.4, -0.2) is 36.7 Å². The molecule has 0 fully saturated rings. The molecule has 0 amide bonds. The fourth-order valence-corrected chi connectivity index (χ4v) is 0.612. The molecule has 2 nitrogen and oxygen atoms in total. The summed E-state index contributed by atoms with van der Waals surface area (Å²) in [4.78, 5) is 5.49. The number of rotatable bonds is 2. The van der Waals surface area contributed by atoms with Gasteiger partial charge in [-0.1, -0.05) is 23.2 Å². The third-order valence-corrected chi connectivity index (χ3v) is 1.95. The molecule has 0 radical (unpaired) electrons. The predicted molar refractivity (Wildman–Crippen MR) is 42.5 cm³/mol. The maximum atomic E-state index is 5.73. The van der Waals surface area contributed by atoms with E-state index in [4.69, 9.17) is 23.2 Å². The summed E-state index contributed by atoms with van der Waals surface area (Å²) >= 11 is 11.3. The van der Waals surface area contributed by atoms with Gasteiger partial charge >= 0.3 is 0 Å². The molecule has 4 heteroatoms. The van der Waals surface area contributed by atoms with Crippen LogP contribution in [0.4, 0.5) is 0 Å². The molecule has 0 aromatic rings. The molecule has 1 unspecified atom stereocenters. The first-order valence-electron chi connectivity index (χ1n) is 2.52. The van der Waals surface area contributed by atoms with Crippen molar-refractivity contribution in [2.45, 2.75) is 5.50 Å². The van der Waals surface area contributed by atoms with Crippen molar-refractivity contribution in [3.8, 4) is 0 Å². The highest BCUT2D eigenvalue weighted by atomic mass is 35.5. The lowest BCUT2D eigenvalue weighted by Crippen LogP contribution is -2.27. The van der Waals surface area contributed by atoms with Gasteiger partial charge in [-0.2, -0.15) is 0 Å². The summed E-state index contributed by atoms with van der Waals surface area (Å²) in [7, 11) is 5.29. The Morgan fingerprint density at radius 2 is 2.00 bits per heavy atom. The van der Waals surface area contributed by atoms with Gasteiger partial charge in [-0.15, -0.1) is 0 Å². The minimum atomic E-state index is -0.295. The van der Waals surface area contributed by atoms with Gasteiger partial charge in [0.15, 0.2) is 0 Å². The lowest BCUT2D eigenvalue weighted by atomic mass is 10.6. The summed E-state index contributed by atoms with van der Waals surface area (Å²) < 4.78 is 0. The second-order valence-corrected chi connectivity index (χ2v) is 2.65. The van der Waals surface area contributed by atoms with Gasteiger partial charge in [-0.25, -0.2) is 0 Å². The SMILES string of the molecule is CN=C(Cl)C(Cl)N(C)C. The zero-order valence-corrected chi connectivity index (χ0v) is 7.24. The van der Waals surface area contributed by atoms with Gasteiger partial charge in [-0.05, 0) is 14.1 Å². The number of nitrogens with zero attached hydrogens (tertiary/aromatic N) is 2. The average Bonchev–Trinajstić information content (AvgIpc) is 1.84. The van der Waals surface area contributed by atoms with Gasteiger partial charge in [0.25, 0.3) is 0 Å². The second kappa shape index (κ2) is 4.09. The van der Waals surface area contributed by atoms with E-state index < -0.39 is 0 Å². The van der Waals surface area contributed by atoms with E-state index in [2.05, 4.69) is 4.99 Å². The molecule has 0 aliphatic carbocycles. The number of halogens is 2. The van der Waals surface area contributed by atoms with Gasteiger partial charge in [0.05, 0.1) is 0 Å². The first kappa shape index (κ1) is 9.21. The molecular formula is C5H10Cl2N2. The fraction of sp³-hybridized carbons (Fsp3) is 0.800. The standard InChI is InChI=1S/C5H10Cl2N2/c1-8-4(6)5(7)9(2)3/h5H,1-3H3. The molecule has 0 N–H and O–H groups in total. The summed E-state index contributed by atoms with van der Waals surface area (Å²) in [6.07, 6.45) is 0. The van der Waals surface area contributed by atoms with Crippen molar-refractivity contribution >= 4 is 28.4 Å². The number of hydrogen-bond acceptors (Lipinski definition) is 2. The molecule has 0 aliphatic heterocycles. The van der Waals surface area contributed by atoms with Gasteiger partial charge in [0.2, 0.25) is 0 Å². The zero-order valence-electron chi connectivity index (χ0n) is 5.73. The maximum Gasteiger partial charge on any atom is 0.138 e. The molecule has 0 saturated heterocycles. The lowest BCUT2D eigenvalue weighted by molar-refractivity contribution is 0.439.